The topological polar surface area (TPSA) is 0 Å². The second-order valence-corrected chi connectivity index (χ2v) is 20.0. The zero-order valence-corrected chi connectivity index (χ0v) is 9.12. The molecule has 0 heterocycles. The van der Waals surface area contributed by atoms with Gasteiger partial charge in [-0.1, -0.05) is 0 Å². The van der Waals surface area contributed by atoms with Crippen molar-refractivity contribution >= 4 is 37.7 Å². The van der Waals surface area contributed by atoms with Crippen molar-refractivity contribution in [2.75, 3.05) is 0 Å². The molecule has 7 heavy (non-hydrogen) atoms. The molecule has 0 bridgehead atoms. The summed E-state index contributed by atoms with van der Waals surface area (Å²) in [5.74, 6) is 0. The molecular weight excluding hydrogens is 361 g/mol. The van der Waals surface area contributed by atoms with Gasteiger partial charge in [0, 0.05) is 0 Å². The van der Waals surface area contributed by atoms with Crippen molar-refractivity contribution in [2.45, 2.75) is 0 Å². The van der Waals surface area contributed by atoms with Gasteiger partial charge in [0.15, 0.2) is 0 Å². The van der Waals surface area contributed by atoms with E-state index >= 15 is 0 Å². The standard InChI is InChI=1S/2CH3.4ClH.Pt/h2*1H3;4*1H;/q2*-1;;;;;+6/p-4. The molecule has 0 nitrogen and oxygen atoms in total. The number of hydrogen-bond donors (Lipinski definition) is 0. The summed E-state index contributed by atoms with van der Waals surface area (Å²) in [6, 6.07) is 0. The van der Waals surface area contributed by atoms with Gasteiger partial charge in [0.25, 0.3) is 0 Å². The zero-order valence-electron chi connectivity index (χ0n) is 3.83. The van der Waals surface area contributed by atoms with Crippen LogP contribution in [0.15, 0.2) is 0 Å². The van der Waals surface area contributed by atoms with E-state index in [-0.39, 0.29) is 14.9 Å². The van der Waals surface area contributed by atoms with E-state index in [4.69, 9.17) is 37.7 Å². The minimum atomic E-state index is -3.06. The quantitative estimate of drug-likeness (QED) is 0.574. The normalized spacial score (nSPS) is 10.9. The average Bonchev–Trinajstić information content (AvgIpc) is 0.722. The first-order valence-electron chi connectivity index (χ1n) is 0.478. The van der Waals surface area contributed by atoms with Crippen molar-refractivity contribution in [1.82, 2.24) is 0 Å². The van der Waals surface area contributed by atoms with E-state index in [2.05, 4.69) is 0 Å². The van der Waals surface area contributed by atoms with E-state index < -0.39 is 11.9 Å². The summed E-state index contributed by atoms with van der Waals surface area (Å²) < 4.78 is 0. The predicted octanol–water partition coefficient (Wildman–Crippen LogP) is 3.66. The third-order valence-corrected chi connectivity index (χ3v) is 0. The summed E-state index contributed by atoms with van der Waals surface area (Å²) in [6.07, 6.45) is 0. The molecule has 0 atom stereocenters. The molecule has 0 aromatic carbocycles. The molecule has 52 valence electrons. The molecule has 0 rings (SSSR count). The fourth-order valence-corrected chi connectivity index (χ4v) is 0. The summed E-state index contributed by atoms with van der Waals surface area (Å²) in [7, 11) is 20.0. The van der Waals surface area contributed by atoms with Gasteiger partial charge in [-0.3, -0.25) is 0 Å². The van der Waals surface area contributed by atoms with Crippen molar-refractivity contribution in [2.24, 2.45) is 0 Å². The van der Waals surface area contributed by atoms with E-state index in [0.29, 0.717) is 0 Å². The number of rotatable bonds is 0. The Hall–Kier alpha value is 1.85. The van der Waals surface area contributed by atoms with Crippen molar-refractivity contribution in [3.05, 3.63) is 14.9 Å². The fourth-order valence-electron chi connectivity index (χ4n) is 0. The Morgan fingerprint density at radius 1 is 0.714 bits per heavy atom. The first-order valence-corrected chi connectivity index (χ1v) is 11.7. The summed E-state index contributed by atoms with van der Waals surface area (Å²) in [6.45, 7) is 0. The van der Waals surface area contributed by atoms with E-state index in [1.165, 1.54) is 0 Å². The molecule has 0 spiro atoms. The Bertz CT molecular complexity index is 25.2. The third kappa shape index (κ3) is 78.6. The van der Waals surface area contributed by atoms with Crippen LogP contribution in [0.3, 0.4) is 0 Å². The second kappa shape index (κ2) is 5.98. The molecular formula is C2H6Cl4Pt. The number of hydrogen-bond acceptors (Lipinski definition) is 0. The molecule has 0 aliphatic heterocycles. The molecule has 0 saturated heterocycles. The minimum absolute atomic E-state index is 0. The van der Waals surface area contributed by atoms with Crippen LogP contribution in [-0.2, 0) is 11.9 Å². The molecule has 0 N–H and O–H groups in total. The molecule has 0 radical (unpaired) electrons. The Labute approximate surface area is 64.0 Å². The second-order valence-electron chi connectivity index (χ2n) is 0.271. The van der Waals surface area contributed by atoms with Gasteiger partial charge in [-0.2, -0.15) is 0 Å². The van der Waals surface area contributed by atoms with Gasteiger partial charge in [0.05, 0.1) is 0 Å². The Morgan fingerprint density at radius 3 is 0.714 bits per heavy atom. The van der Waals surface area contributed by atoms with Gasteiger partial charge in [0.2, 0.25) is 0 Å². The van der Waals surface area contributed by atoms with Crippen molar-refractivity contribution < 1.29 is 11.9 Å². The maximum atomic E-state index is 5.01. The summed E-state index contributed by atoms with van der Waals surface area (Å²) in [5.41, 5.74) is 0. The molecule has 0 aromatic rings. The van der Waals surface area contributed by atoms with Crippen LogP contribution in [0.4, 0.5) is 0 Å². The van der Waals surface area contributed by atoms with Crippen LogP contribution >= 0.6 is 37.7 Å². The molecule has 0 aromatic heterocycles. The predicted molar refractivity (Wildman–Crippen MR) is 36.2 cm³/mol. The summed E-state index contributed by atoms with van der Waals surface area (Å²) in [4.78, 5) is 0. The van der Waals surface area contributed by atoms with Crippen LogP contribution in [0.25, 0.3) is 0 Å². The van der Waals surface area contributed by atoms with E-state index in [9.17, 15) is 0 Å². The van der Waals surface area contributed by atoms with Crippen molar-refractivity contribution in [3.8, 4) is 0 Å². The van der Waals surface area contributed by atoms with Gasteiger partial charge in [-0.05, 0) is 0 Å². The van der Waals surface area contributed by atoms with Crippen LogP contribution in [0.5, 0.6) is 0 Å². The Kier molecular flexibility index (Phi) is 13.6. The van der Waals surface area contributed by atoms with Gasteiger partial charge in [-0.15, -0.1) is 0 Å². The third-order valence-electron chi connectivity index (χ3n) is 0. The van der Waals surface area contributed by atoms with Crippen LogP contribution in [0, 0.1) is 14.9 Å². The van der Waals surface area contributed by atoms with Gasteiger partial charge < -0.3 is 14.9 Å². The molecule has 0 aliphatic carbocycles. The van der Waals surface area contributed by atoms with E-state index in [1.807, 2.05) is 0 Å². The van der Waals surface area contributed by atoms with Crippen LogP contribution in [0.1, 0.15) is 0 Å². The zero-order chi connectivity index (χ0) is 4.50. The SMILES string of the molecule is [CH3-].[CH3-].[Cl][Pt+2]([Cl])([Cl])[Cl]. The van der Waals surface area contributed by atoms with Crippen LogP contribution in [-0.4, -0.2) is 0 Å². The number of halogens is 4. The average molecular weight is 367 g/mol. The summed E-state index contributed by atoms with van der Waals surface area (Å²) >= 11 is -3.06. The molecule has 0 unspecified atom stereocenters. The molecule has 0 saturated carbocycles. The first-order chi connectivity index (χ1) is 2.00. The monoisotopic (exact) mass is 365 g/mol. The molecule has 0 fully saturated rings. The van der Waals surface area contributed by atoms with Gasteiger partial charge >= 0.3 is 49.6 Å². The van der Waals surface area contributed by atoms with Gasteiger partial charge in [-0.25, -0.2) is 0 Å². The van der Waals surface area contributed by atoms with Crippen LogP contribution in [0.2, 0.25) is 0 Å². The van der Waals surface area contributed by atoms with Crippen molar-refractivity contribution in [3.63, 3.8) is 0 Å². The summed E-state index contributed by atoms with van der Waals surface area (Å²) in [5, 5.41) is 0. The Morgan fingerprint density at radius 2 is 0.714 bits per heavy atom. The van der Waals surface area contributed by atoms with E-state index in [1.54, 1.807) is 0 Å². The van der Waals surface area contributed by atoms with E-state index in [0.717, 1.165) is 0 Å². The van der Waals surface area contributed by atoms with Crippen molar-refractivity contribution in [1.29, 1.82) is 0 Å². The fraction of sp³-hybridized carbons (Fsp3) is 0. The maximum absolute atomic E-state index is 5.01. The molecule has 0 aliphatic rings. The van der Waals surface area contributed by atoms with Crippen LogP contribution < -0.4 is 0 Å². The van der Waals surface area contributed by atoms with Gasteiger partial charge in [0.1, 0.15) is 0 Å². The molecule has 5 heteroatoms. The first kappa shape index (κ1) is 15.9. The molecule has 0 amide bonds. The Balaban J connectivity index is -0.0000000800.